The molecule has 5 nitrogen and oxygen atoms in total. The summed E-state index contributed by atoms with van der Waals surface area (Å²) in [7, 11) is 1.33. The third-order valence-electron chi connectivity index (χ3n) is 3.01. The Hall–Kier alpha value is -2.04. The molecule has 0 aliphatic rings. The van der Waals surface area contributed by atoms with Gasteiger partial charge in [-0.15, -0.1) is 0 Å². The molecule has 1 aromatic carbocycles. The summed E-state index contributed by atoms with van der Waals surface area (Å²) in [5.41, 5.74) is 1.08. The number of carbonyl (C=O) groups excluding carboxylic acids is 2. The van der Waals surface area contributed by atoms with Crippen LogP contribution in [0.3, 0.4) is 0 Å². The van der Waals surface area contributed by atoms with Crippen molar-refractivity contribution in [1.82, 2.24) is 5.32 Å². The number of methoxy groups -OCH3 is 1. The van der Waals surface area contributed by atoms with Gasteiger partial charge in [0.1, 0.15) is 5.75 Å². The molecule has 1 rings (SSSR count). The van der Waals surface area contributed by atoms with Gasteiger partial charge in [0, 0.05) is 12.5 Å². The average Bonchev–Trinajstić information content (AvgIpc) is 2.45. The molecule has 1 aromatic rings. The van der Waals surface area contributed by atoms with Crippen LogP contribution in [0.25, 0.3) is 0 Å². The summed E-state index contributed by atoms with van der Waals surface area (Å²) in [5, 5.41) is 2.76. The maximum Gasteiger partial charge on any atom is 0.307 e. The van der Waals surface area contributed by atoms with Crippen molar-refractivity contribution in [2.24, 2.45) is 0 Å². The fraction of sp³-hybridized carbons (Fsp3) is 0.500. The van der Waals surface area contributed by atoms with E-state index in [0.717, 1.165) is 11.3 Å². The molecule has 1 N–H and O–H groups in total. The minimum absolute atomic E-state index is 0.0835. The van der Waals surface area contributed by atoms with E-state index in [2.05, 4.69) is 10.1 Å². The number of nitrogens with one attached hydrogen (secondary N) is 1. The molecule has 0 aliphatic carbocycles. The number of benzene rings is 1. The largest absolute Gasteiger partial charge is 0.493 e. The van der Waals surface area contributed by atoms with Crippen LogP contribution in [0.2, 0.25) is 0 Å². The van der Waals surface area contributed by atoms with Crippen molar-refractivity contribution in [3.8, 4) is 5.75 Å². The molecule has 0 radical (unpaired) electrons. The number of para-hydroxylation sites is 1. The van der Waals surface area contributed by atoms with Crippen molar-refractivity contribution in [2.45, 2.75) is 39.2 Å². The molecule has 0 bridgehead atoms. The third-order valence-corrected chi connectivity index (χ3v) is 3.01. The molecule has 0 spiro atoms. The molecule has 116 valence electrons. The molecule has 0 saturated carbocycles. The highest BCUT2D eigenvalue weighted by Crippen LogP contribution is 2.16. The van der Waals surface area contributed by atoms with Gasteiger partial charge >= 0.3 is 5.97 Å². The van der Waals surface area contributed by atoms with Gasteiger partial charge in [0.25, 0.3) is 0 Å². The van der Waals surface area contributed by atoms with Crippen molar-refractivity contribution in [2.75, 3.05) is 13.7 Å². The second-order valence-electron chi connectivity index (χ2n) is 4.97. The van der Waals surface area contributed by atoms with Gasteiger partial charge in [0.05, 0.1) is 20.1 Å². The molecule has 0 aromatic heterocycles. The van der Waals surface area contributed by atoms with Crippen LogP contribution in [0.15, 0.2) is 24.3 Å². The predicted octanol–water partition coefficient (Wildman–Crippen LogP) is 2.22. The average molecular weight is 293 g/mol. The Morgan fingerprint density at radius 1 is 1.29 bits per heavy atom. The maximum absolute atomic E-state index is 11.7. The topological polar surface area (TPSA) is 64.6 Å². The van der Waals surface area contributed by atoms with Gasteiger partial charge in [0.2, 0.25) is 5.91 Å². The van der Waals surface area contributed by atoms with E-state index >= 15 is 0 Å². The van der Waals surface area contributed by atoms with E-state index in [-0.39, 0.29) is 24.3 Å². The van der Waals surface area contributed by atoms with Crippen LogP contribution in [0.4, 0.5) is 0 Å². The van der Waals surface area contributed by atoms with Crippen LogP contribution in [0.1, 0.15) is 31.7 Å². The molecular formula is C16H23NO4. The van der Waals surface area contributed by atoms with E-state index in [1.165, 1.54) is 7.11 Å². The van der Waals surface area contributed by atoms with Gasteiger partial charge in [-0.05, 0) is 31.9 Å². The Kier molecular flexibility index (Phi) is 7.29. The first kappa shape index (κ1) is 17.0. The van der Waals surface area contributed by atoms with Crippen molar-refractivity contribution >= 4 is 11.9 Å². The first-order chi connectivity index (χ1) is 10.0. The van der Waals surface area contributed by atoms with Gasteiger partial charge in [-0.25, -0.2) is 0 Å². The number of ether oxygens (including phenoxy) is 2. The summed E-state index contributed by atoms with van der Waals surface area (Å²) in [6.07, 6.45) is 1.18. The van der Waals surface area contributed by atoms with Crippen molar-refractivity contribution in [1.29, 1.82) is 0 Å². The predicted molar refractivity (Wildman–Crippen MR) is 80.1 cm³/mol. The first-order valence-electron chi connectivity index (χ1n) is 7.07. The lowest BCUT2D eigenvalue weighted by Crippen LogP contribution is -2.34. The molecule has 1 amide bonds. The number of hydrogen-bond acceptors (Lipinski definition) is 4. The lowest BCUT2D eigenvalue weighted by Gasteiger charge is -2.13. The monoisotopic (exact) mass is 293 g/mol. The van der Waals surface area contributed by atoms with Crippen LogP contribution in [-0.2, 0) is 14.3 Å². The summed E-state index contributed by atoms with van der Waals surface area (Å²) in [5.74, 6) is 0.433. The summed E-state index contributed by atoms with van der Waals surface area (Å²) in [4.78, 5) is 22.7. The Bertz CT molecular complexity index is 473. The quantitative estimate of drug-likeness (QED) is 0.589. The number of amides is 1. The van der Waals surface area contributed by atoms with E-state index in [0.29, 0.717) is 19.4 Å². The van der Waals surface area contributed by atoms with Crippen LogP contribution in [0.5, 0.6) is 5.75 Å². The van der Waals surface area contributed by atoms with Gasteiger partial charge in [-0.1, -0.05) is 18.2 Å². The third kappa shape index (κ3) is 6.79. The van der Waals surface area contributed by atoms with Crippen LogP contribution >= 0.6 is 0 Å². The highest BCUT2D eigenvalue weighted by atomic mass is 16.5. The maximum atomic E-state index is 11.7. The normalized spacial score (nSPS) is 11.6. The zero-order valence-electron chi connectivity index (χ0n) is 12.8. The van der Waals surface area contributed by atoms with Crippen molar-refractivity contribution in [3.63, 3.8) is 0 Å². The zero-order valence-corrected chi connectivity index (χ0v) is 12.8. The second kappa shape index (κ2) is 9.00. The van der Waals surface area contributed by atoms with E-state index in [1.54, 1.807) is 6.92 Å². The lowest BCUT2D eigenvalue weighted by molar-refractivity contribution is -0.141. The van der Waals surface area contributed by atoms with Crippen LogP contribution in [-0.4, -0.2) is 31.6 Å². The summed E-state index contributed by atoms with van der Waals surface area (Å²) in [6.45, 7) is 4.25. The summed E-state index contributed by atoms with van der Waals surface area (Å²) >= 11 is 0. The summed E-state index contributed by atoms with van der Waals surface area (Å²) in [6, 6.07) is 7.55. The number of esters is 1. The Balaban J connectivity index is 2.19. The lowest BCUT2D eigenvalue weighted by atomic mass is 10.2. The highest BCUT2D eigenvalue weighted by molar-refractivity contribution is 5.77. The van der Waals surface area contributed by atoms with Gasteiger partial charge in [0.15, 0.2) is 0 Å². The Morgan fingerprint density at radius 3 is 2.67 bits per heavy atom. The minimum Gasteiger partial charge on any atom is -0.493 e. The highest BCUT2D eigenvalue weighted by Gasteiger charge is 2.11. The Morgan fingerprint density at radius 2 is 2.00 bits per heavy atom. The minimum atomic E-state index is -0.328. The van der Waals surface area contributed by atoms with E-state index in [4.69, 9.17) is 4.74 Å². The van der Waals surface area contributed by atoms with Gasteiger partial charge in [-0.3, -0.25) is 9.59 Å². The second-order valence-corrected chi connectivity index (χ2v) is 4.97. The molecule has 0 heterocycles. The van der Waals surface area contributed by atoms with E-state index in [1.807, 2.05) is 31.2 Å². The molecule has 1 atom stereocenters. The molecule has 0 saturated heterocycles. The van der Waals surface area contributed by atoms with E-state index in [9.17, 15) is 9.59 Å². The number of carbonyl (C=O) groups is 2. The van der Waals surface area contributed by atoms with Gasteiger partial charge in [-0.2, -0.15) is 0 Å². The van der Waals surface area contributed by atoms with Crippen LogP contribution < -0.4 is 10.1 Å². The fourth-order valence-corrected chi connectivity index (χ4v) is 1.86. The molecule has 1 unspecified atom stereocenters. The number of hydrogen-bond donors (Lipinski definition) is 1. The molecule has 0 fully saturated rings. The molecule has 21 heavy (non-hydrogen) atoms. The Labute approximate surface area is 125 Å². The fourth-order valence-electron chi connectivity index (χ4n) is 1.86. The van der Waals surface area contributed by atoms with Crippen molar-refractivity contribution in [3.05, 3.63) is 29.8 Å². The standard InChI is InChI=1S/C16H23NO4/c1-12-7-4-5-8-14(12)21-10-6-9-15(18)17-13(2)11-16(19)20-3/h4-5,7-8,13H,6,9-11H2,1-3H3,(H,17,18). The van der Waals surface area contributed by atoms with Crippen LogP contribution in [0, 0.1) is 6.92 Å². The zero-order chi connectivity index (χ0) is 15.7. The van der Waals surface area contributed by atoms with E-state index < -0.39 is 0 Å². The van der Waals surface area contributed by atoms with Gasteiger partial charge < -0.3 is 14.8 Å². The smallest absolute Gasteiger partial charge is 0.307 e. The summed E-state index contributed by atoms with van der Waals surface area (Å²) < 4.78 is 10.2. The number of rotatable bonds is 8. The molecule has 0 aliphatic heterocycles. The molecule has 5 heteroatoms. The first-order valence-corrected chi connectivity index (χ1v) is 7.07. The van der Waals surface area contributed by atoms with Crippen molar-refractivity contribution < 1.29 is 19.1 Å². The molecular weight excluding hydrogens is 270 g/mol. The number of aryl methyl sites for hydroxylation is 1. The SMILES string of the molecule is COC(=O)CC(C)NC(=O)CCCOc1ccccc1C.